The fourth-order valence-electron chi connectivity index (χ4n) is 5.35. The molecule has 13 heteroatoms. The van der Waals surface area contributed by atoms with E-state index in [4.69, 9.17) is 14.5 Å². The second-order valence-electron chi connectivity index (χ2n) is 13.5. The average molecular weight is 624 g/mol. The highest BCUT2D eigenvalue weighted by Crippen LogP contribution is 2.37. The minimum atomic E-state index is -1.20. The van der Waals surface area contributed by atoms with Crippen molar-refractivity contribution in [2.24, 2.45) is 0 Å². The number of hydrogen-bond acceptors (Lipinski definition) is 8. The summed E-state index contributed by atoms with van der Waals surface area (Å²) >= 11 is 0. The number of hydrogen-bond donors (Lipinski definition) is 2. The monoisotopic (exact) mass is 623 g/mol. The Labute approximate surface area is 257 Å². The number of halogens is 1. The van der Waals surface area contributed by atoms with Gasteiger partial charge in [-0.2, -0.15) is 0 Å². The van der Waals surface area contributed by atoms with E-state index in [1.165, 1.54) is 6.07 Å². The largest absolute Gasteiger partial charge is 0.444 e. The summed E-state index contributed by atoms with van der Waals surface area (Å²) in [6.07, 6.45) is 3.54. The lowest BCUT2D eigenvalue weighted by atomic mass is 9.87. The van der Waals surface area contributed by atoms with E-state index in [1.807, 2.05) is 10.6 Å². The predicted molar refractivity (Wildman–Crippen MR) is 168 cm³/mol. The van der Waals surface area contributed by atoms with E-state index >= 15 is 4.39 Å². The summed E-state index contributed by atoms with van der Waals surface area (Å²) in [6.45, 7) is 13.2. The molecule has 0 bridgehead atoms. The number of nitrogens with zero attached hydrogens (tertiary/aromatic N) is 6. The van der Waals surface area contributed by atoms with E-state index in [0.717, 1.165) is 12.5 Å². The third kappa shape index (κ3) is 7.51. The van der Waals surface area contributed by atoms with Crippen LogP contribution in [0.1, 0.15) is 46.1 Å². The molecule has 3 heterocycles. The molecule has 0 radical (unpaired) electrons. The van der Waals surface area contributed by atoms with Crippen LogP contribution in [0.15, 0.2) is 42.9 Å². The van der Waals surface area contributed by atoms with E-state index in [0.29, 0.717) is 53.4 Å². The van der Waals surface area contributed by atoms with Gasteiger partial charge in [0.2, 0.25) is 0 Å². The second-order valence-corrected chi connectivity index (χ2v) is 19.2. The highest BCUT2D eigenvalue weighted by Gasteiger charge is 2.37. The number of imidazole rings is 1. The zero-order valence-corrected chi connectivity index (χ0v) is 27.2. The molecule has 4 aromatic rings. The van der Waals surface area contributed by atoms with Crippen LogP contribution in [0, 0.1) is 5.82 Å². The topological polar surface area (TPSA) is 129 Å². The van der Waals surface area contributed by atoms with Gasteiger partial charge in [0.15, 0.2) is 5.82 Å². The van der Waals surface area contributed by atoms with Gasteiger partial charge in [-0.05, 0) is 64.3 Å². The summed E-state index contributed by atoms with van der Waals surface area (Å²) in [7, 11) is -1.20. The minimum Gasteiger partial charge on any atom is -0.444 e. The number of carbonyl (C=O) groups excluding carboxylic acids is 1. The van der Waals surface area contributed by atoms with Crippen LogP contribution in [0.2, 0.25) is 25.7 Å². The van der Waals surface area contributed by atoms with Gasteiger partial charge in [-0.1, -0.05) is 31.8 Å². The number of aliphatic hydroxyl groups excluding tert-OH is 1. The van der Waals surface area contributed by atoms with Gasteiger partial charge >= 0.3 is 6.09 Å². The van der Waals surface area contributed by atoms with Crippen molar-refractivity contribution in [1.82, 2.24) is 34.6 Å². The highest BCUT2D eigenvalue weighted by atomic mass is 28.3. The quantitative estimate of drug-likeness (QED) is 0.177. The van der Waals surface area contributed by atoms with E-state index in [1.54, 1.807) is 56.2 Å². The van der Waals surface area contributed by atoms with Crippen LogP contribution in [0.3, 0.4) is 0 Å². The Kier molecular flexibility index (Phi) is 9.19. The zero-order valence-electron chi connectivity index (χ0n) is 26.2. The lowest BCUT2D eigenvalue weighted by Gasteiger charge is -2.37. The number of ether oxygens (including phenoxy) is 2. The molecule has 1 saturated carbocycles. The number of amides is 1. The van der Waals surface area contributed by atoms with Crippen LogP contribution in [-0.4, -0.2) is 72.9 Å². The van der Waals surface area contributed by atoms with Crippen LogP contribution >= 0.6 is 0 Å². The predicted octanol–water partition coefficient (Wildman–Crippen LogP) is 5.79. The Hall–Kier alpha value is -3.68. The molecule has 5 rings (SSSR count). The van der Waals surface area contributed by atoms with Gasteiger partial charge in [0.1, 0.15) is 41.5 Å². The molecule has 1 aliphatic rings. The molecule has 236 valence electrons. The molecule has 0 saturated heterocycles. The minimum absolute atomic E-state index is 0.287. The molecule has 0 unspecified atom stereocenters. The third-order valence-electron chi connectivity index (χ3n) is 7.53. The highest BCUT2D eigenvalue weighted by molar-refractivity contribution is 6.76. The first-order valence-corrected chi connectivity index (χ1v) is 18.8. The summed E-state index contributed by atoms with van der Waals surface area (Å²) in [6, 6.07) is 8.22. The number of alkyl carbamates (subject to hydrolysis) is 1. The summed E-state index contributed by atoms with van der Waals surface area (Å²) in [5.41, 5.74) is 1.32. The van der Waals surface area contributed by atoms with Crippen molar-refractivity contribution in [1.29, 1.82) is 0 Å². The standard InChI is InChI=1S/C31H42FN7O4Si/c1-31(2,3)43-30(41)36-22-12-9-13-25(27(22)40)39-26-16-23(28-34-18-38(37-28)19-42-14-15-44(4,5)6)33-17-24(26)35-29(39)20-10-7-8-11-21(20)32/h7-8,10-11,16-18,22,25,27,40H,9,12-15,19H2,1-6H3,(H,36,41)/t22-,25+,27+/m0/s1. The maximum Gasteiger partial charge on any atom is 0.407 e. The van der Waals surface area contributed by atoms with Crippen molar-refractivity contribution in [2.45, 2.75) is 96.2 Å². The maximum absolute atomic E-state index is 15.2. The van der Waals surface area contributed by atoms with Gasteiger partial charge in [-0.25, -0.2) is 23.8 Å². The molecule has 3 atom stereocenters. The van der Waals surface area contributed by atoms with Gasteiger partial charge in [-0.15, -0.1) is 5.10 Å². The van der Waals surface area contributed by atoms with E-state index in [-0.39, 0.29) is 6.73 Å². The van der Waals surface area contributed by atoms with Crippen LogP contribution < -0.4 is 5.32 Å². The SMILES string of the molecule is CC(C)(C)OC(=O)N[C@H]1CCC[C@@H](n2c(-c3ccccc3F)nc3cnc(-c4ncn(COCC[Si](C)(C)C)n4)cc32)[C@@H]1O. The van der Waals surface area contributed by atoms with Crippen LogP contribution in [0.4, 0.5) is 9.18 Å². The molecule has 0 spiro atoms. The van der Waals surface area contributed by atoms with E-state index in [9.17, 15) is 9.90 Å². The van der Waals surface area contributed by atoms with Crippen molar-refractivity contribution < 1.29 is 23.8 Å². The first-order valence-electron chi connectivity index (χ1n) is 15.1. The average Bonchev–Trinajstić information content (AvgIpc) is 3.56. The normalized spacial score (nSPS) is 19.3. The number of fused-ring (bicyclic) bond motifs is 1. The molecule has 44 heavy (non-hydrogen) atoms. The number of aromatic nitrogens is 6. The third-order valence-corrected chi connectivity index (χ3v) is 9.24. The number of aliphatic hydroxyl groups is 1. The second kappa shape index (κ2) is 12.7. The lowest BCUT2D eigenvalue weighted by molar-refractivity contribution is 0.0218. The summed E-state index contributed by atoms with van der Waals surface area (Å²) < 4.78 is 29.9. The Morgan fingerprint density at radius 1 is 1.18 bits per heavy atom. The summed E-state index contributed by atoms with van der Waals surface area (Å²) in [5, 5.41) is 19.0. The Balaban J connectivity index is 1.48. The van der Waals surface area contributed by atoms with Crippen LogP contribution in [0.25, 0.3) is 33.9 Å². The lowest BCUT2D eigenvalue weighted by Crippen LogP contribution is -2.50. The van der Waals surface area contributed by atoms with E-state index in [2.05, 4.69) is 40.0 Å². The molecule has 1 fully saturated rings. The van der Waals surface area contributed by atoms with Crippen molar-refractivity contribution in [3.8, 4) is 22.9 Å². The number of carbonyl (C=O) groups is 1. The van der Waals surface area contributed by atoms with Crippen molar-refractivity contribution in [3.05, 3.63) is 48.7 Å². The zero-order chi connectivity index (χ0) is 31.6. The number of nitrogens with one attached hydrogen (secondary N) is 1. The van der Waals surface area contributed by atoms with Crippen LogP contribution in [-0.2, 0) is 16.2 Å². The van der Waals surface area contributed by atoms with E-state index < -0.39 is 43.8 Å². The molecule has 3 aromatic heterocycles. The Morgan fingerprint density at radius 3 is 2.68 bits per heavy atom. The molecule has 11 nitrogen and oxygen atoms in total. The van der Waals surface area contributed by atoms with Gasteiger partial charge in [-0.3, -0.25) is 4.98 Å². The molecule has 1 aliphatic carbocycles. The molecule has 2 N–H and O–H groups in total. The molecular formula is C31H42FN7O4Si. The smallest absolute Gasteiger partial charge is 0.407 e. The Morgan fingerprint density at radius 2 is 1.95 bits per heavy atom. The van der Waals surface area contributed by atoms with Gasteiger partial charge in [0.25, 0.3) is 0 Å². The van der Waals surface area contributed by atoms with Gasteiger partial charge in [0.05, 0.1) is 35.5 Å². The molecule has 1 amide bonds. The molecule has 1 aromatic carbocycles. The Bertz CT molecular complexity index is 1610. The summed E-state index contributed by atoms with van der Waals surface area (Å²) in [4.78, 5) is 26.4. The first kappa shape index (κ1) is 31.7. The van der Waals surface area contributed by atoms with Crippen LogP contribution in [0.5, 0.6) is 0 Å². The first-order chi connectivity index (χ1) is 20.8. The van der Waals surface area contributed by atoms with Crippen molar-refractivity contribution >= 4 is 25.2 Å². The fourth-order valence-corrected chi connectivity index (χ4v) is 6.11. The molecule has 0 aliphatic heterocycles. The number of benzene rings is 1. The number of rotatable bonds is 9. The number of pyridine rings is 1. The maximum atomic E-state index is 15.2. The fraction of sp³-hybridized carbons (Fsp3) is 0.516. The molecular weight excluding hydrogens is 581 g/mol. The van der Waals surface area contributed by atoms with Crippen molar-refractivity contribution in [3.63, 3.8) is 0 Å². The van der Waals surface area contributed by atoms with Gasteiger partial charge in [0, 0.05) is 14.7 Å². The van der Waals surface area contributed by atoms with Gasteiger partial charge < -0.3 is 24.5 Å². The van der Waals surface area contributed by atoms with Crippen molar-refractivity contribution in [2.75, 3.05) is 6.61 Å². The summed E-state index contributed by atoms with van der Waals surface area (Å²) in [5.74, 6) is 0.350.